The normalized spacial score (nSPS) is 10.9. The van der Waals surface area contributed by atoms with E-state index >= 15 is 0 Å². The Morgan fingerprint density at radius 2 is 1.93 bits per heavy atom. The lowest BCUT2D eigenvalue weighted by Gasteiger charge is -2.09. The number of oxazole rings is 1. The second-order valence-corrected chi connectivity index (χ2v) is 7.88. The van der Waals surface area contributed by atoms with Crippen LogP contribution in [0.3, 0.4) is 0 Å². The number of amides is 1. The van der Waals surface area contributed by atoms with Gasteiger partial charge in [0.25, 0.3) is 5.91 Å². The largest absolute Gasteiger partial charge is 0.496 e. The number of hydrogen-bond donors (Lipinski definition) is 1. The monoisotopic (exact) mass is 490 g/mol. The fourth-order valence-electron chi connectivity index (χ4n) is 2.84. The van der Waals surface area contributed by atoms with Crippen LogP contribution in [0.1, 0.15) is 10.4 Å². The lowest BCUT2D eigenvalue weighted by atomic mass is 10.1. The average Bonchev–Trinajstić information content (AvgIpc) is 3.13. The van der Waals surface area contributed by atoms with Crippen LogP contribution < -0.4 is 10.1 Å². The van der Waals surface area contributed by atoms with Crippen molar-refractivity contribution in [2.24, 2.45) is 0 Å². The van der Waals surface area contributed by atoms with Gasteiger partial charge in [-0.1, -0.05) is 39.1 Å². The van der Waals surface area contributed by atoms with Gasteiger partial charge in [0.2, 0.25) is 5.89 Å². The van der Waals surface area contributed by atoms with Crippen LogP contribution in [0.4, 0.5) is 5.69 Å². The van der Waals surface area contributed by atoms with E-state index in [4.69, 9.17) is 32.4 Å². The number of carbonyl (C=O) groups is 1. The molecule has 29 heavy (non-hydrogen) atoms. The third-order valence-corrected chi connectivity index (χ3v) is 5.27. The molecule has 0 unspecified atom stereocenters. The number of fused-ring (bicyclic) bond motifs is 1. The molecule has 1 N–H and O–H groups in total. The maximum absolute atomic E-state index is 12.7. The standard InChI is InChI=1S/C21H13BrCl2N2O3/c1-28-18-6-3-12(23)9-15(18)20(27)25-13-4-7-19-17(10-13)26-21(29-19)14-8-11(22)2-5-16(14)24/h2-10H,1H3,(H,25,27). The zero-order valence-electron chi connectivity index (χ0n) is 15.0. The lowest BCUT2D eigenvalue weighted by molar-refractivity contribution is 0.102. The highest BCUT2D eigenvalue weighted by molar-refractivity contribution is 9.10. The molecule has 1 aromatic heterocycles. The zero-order valence-corrected chi connectivity index (χ0v) is 18.1. The molecule has 3 aromatic carbocycles. The van der Waals surface area contributed by atoms with Crippen molar-refractivity contribution in [1.29, 1.82) is 0 Å². The fourth-order valence-corrected chi connectivity index (χ4v) is 3.57. The molecule has 4 aromatic rings. The van der Waals surface area contributed by atoms with Crippen molar-refractivity contribution in [3.8, 4) is 17.2 Å². The van der Waals surface area contributed by atoms with Crippen LogP contribution >= 0.6 is 39.1 Å². The number of nitrogens with zero attached hydrogens (tertiary/aromatic N) is 1. The summed E-state index contributed by atoms with van der Waals surface area (Å²) in [5, 5.41) is 3.80. The van der Waals surface area contributed by atoms with Gasteiger partial charge in [0.05, 0.1) is 23.3 Å². The van der Waals surface area contributed by atoms with Crippen molar-refractivity contribution in [2.45, 2.75) is 0 Å². The van der Waals surface area contributed by atoms with Gasteiger partial charge < -0.3 is 14.5 Å². The van der Waals surface area contributed by atoms with Crippen LogP contribution in [0.5, 0.6) is 5.75 Å². The first kappa shape index (κ1) is 19.8. The zero-order chi connectivity index (χ0) is 20.5. The molecule has 0 atom stereocenters. The predicted molar refractivity (Wildman–Crippen MR) is 118 cm³/mol. The molecule has 0 saturated carbocycles. The fraction of sp³-hybridized carbons (Fsp3) is 0.0476. The van der Waals surface area contributed by atoms with E-state index in [1.165, 1.54) is 7.11 Å². The van der Waals surface area contributed by atoms with Gasteiger partial charge in [0.15, 0.2) is 5.58 Å². The van der Waals surface area contributed by atoms with E-state index in [-0.39, 0.29) is 5.91 Å². The Kier molecular flexibility index (Phi) is 5.50. The van der Waals surface area contributed by atoms with Crippen molar-refractivity contribution < 1.29 is 13.9 Å². The minimum atomic E-state index is -0.345. The Morgan fingerprint density at radius 1 is 1.10 bits per heavy atom. The van der Waals surface area contributed by atoms with Crippen LogP contribution in [0.2, 0.25) is 10.0 Å². The molecule has 0 spiro atoms. The Balaban J connectivity index is 1.65. The van der Waals surface area contributed by atoms with Gasteiger partial charge in [-0.3, -0.25) is 4.79 Å². The first-order chi connectivity index (χ1) is 13.9. The molecule has 146 valence electrons. The molecule has 0 saturated heterocycles. The number of benzene rings is 3. The van der Waals surface area contributed by atoms with Gasteiger partial charge in [-0.2, -0.15) is 0 Å². The van der Waals surface area contributed by atoms with E-state index < -0.39 is 0 Å². The van der Waals surface area contributed by atoms with Gasteiger partial charge in [0, 0.05) is 15.2 Å². The summed E-state index contributed by atoms with van der Waals surface area (Å²) in [5.74, 6) is 0.481. The summed E-state index contributed by atoms with van der Waals surface area (Å²) >= 11 is 15.7. The van der Waals surface area contributed by atoms with Crippen LogP contribution in [0.25, 0.3) is 22.6 Å². The number of nitrogens with one attached hydrogen (secondary N) is 1. The first-order valence-corrected chi connectivity index (χ1v) is 10.0. The minimum Gasteiger partial charge on any atom is -0.496 e. The summed E-state index contributed by atoms with van der Waals surface area (Å²) in [5.41, 5.74) is 2.74. The number of rotatable bonds is 4. The molecule has 0 bridgehead atoms. The molecule has 4 rings (SSSR count). The Labute approximate surface area is 184 Å². The number of aromatic nitrogens is 1. The third kappa shape index (κ3) is 4.10. The SMILES string of the molecule is COc1ccc(Cl)cc1C(=O)Nc1ccc2oc(-c3cc(Br)ccc3Cl)nc2c1. The van der Waals surface area contributed by atoms with Crippen LogP contribution in [-0.4, -0.2) is 18.0 Å². The van der Waals surface area contributed by atoms with Gasteiger partial charge >= 0.3 is 0 Å². The second kappa shape index (κ2) is 8.06. The van der Waals surface area contributed by atoms with Crippen LogP contribution in [-0.2, 0) is 0 Å². The van der Waals surface area contributed by atoms with E-state index in [2.05, 4.69) is 26.2 Å². The average molecular weight is 492 g/mol. The quantitative estimate of drug-likeness (QED) is 0.340. The summed E-state index contributed by atoms with van der Waals surface area (Å²) in [7, 11) is 1.50. The topological polar surface area (TPSA) is 64.4 Å². The molecule has 0 aliphatic carbocycles. The third-order valence-electron chi connectivity index (χ3n) is 4.21. The van der Waals surface area contributed by atoms with Gasteiger partial charge in [-0.25, -0.2) is 4.98 Å². The lowest BCUT2D eigenvalue weighted by Crippen LogP contribution is -2.13. The summed E-state index contributed by atoms with van der Waals surface area (Å²) < 4.78 is 11.9. The summed E-state index contributed by atoms with van der Waals surface area (Å²) in [6.45, 7) is 0. The number of ether oxygens (including phenoxy) is 1. The number of methoxy groups -OCH3 is 1. The molecule has 1 amide bonds. The first-order valence-electron chi connectivity index (χ1n) is 8.45. The smallest absolute Gasteiger partial charge is 0.259 e. The van der Waals surface area contributed by atoms with Crippen LogP contribution in [0.15, 0.2) is 63.5 Å². The number of carbonyl (C=O) groups excluding carboxylic acids is 1. The molecule has 0 radical (unpaired) electrons. The van der Waals surface area contributed by atoms with Crippen molar-refractivity contribution >= 4 is 61.8 Å². The van der Waals surface area contributed by atoms with Gasteiger partial charge in [-0.15, -0.1) is 0 Å². The minimum absolute atomic E-state index is 0.335. The summed E-state index contributed by atoms with van der Waals surface area (Å²) in [6.07, 6.45) is 0. The van der Waals surface area contributed by atoms with E-state index in [9.17, 15) is 4.79 Å². The van der Waals surface area contributed by atoms with Crippen molar-refractivity contribution in [3.63, 3.8) is 0 Å². The maximum atomic E-state index is 12.7. The molecule has 1 heterocycles. The van der Waals surface area contributed by atoms with E-state index in [1.54, 1.807) is 42.5 Å². The molecule has 8 heteroatoms. The maximum Gasteiger partial charge on any atom is 0.259 e. The Morgan fingerprint density at radius 3 is 2.72 bits per heavy atom. The number of hydrogen-bond acceptors (Lipinski definition) is 4. The summed E-state index contributed by atoms with van der Waals surface area (Å²) in [6, 6.07) is 15.5. The van der Waals surface area contributed by atoms with Crippen molar-refractivity contribution in [2.75, 3.05) is 12.4 Å². The predicted octanol–water partition coefficient (Wildman–Crippen LogP) is 6.83. The molecular weight excluding hydrogens is 479 g/mol. The highest BCUT2D eigenvalue weighted by Gasteiger charge is 2.16. The van der Waals surface area contributed by atoms with E-state index in [0.717, 1.165) is 4.47 Å². The highest BCUT2D eigenvalue weighted by Crippen LogP contribution is 2.33. The number of halogens is 3. The molecule has 0 aliphatic rings. The Hall–Kier alpha value is -2.54. The molecular formula is C21H13BrCl2N2O3. The highest BCUT2D eigenvalue weighted by atomic mass is 79.9. The van der Waals surface area contributed by atoms with Crippen LogP contribution in [0, 0.1) is 0 Å². The van der Waals surface area contributed by atoms with E-state index in [0.29, 0.717) is 49.6 Å². The summed E-state index contributed by atoms with van der Waals surface area (Å²) in [4.78, 5) is 17.2. The number of anilines is 1. The molecule has 0 fully saturated rings. The van der Waals surface area contributed by atoms with Gasteiger partial charge in [-0.05, 0) is 54.6 Å². The van der Waals surface area contributed by atoms with E-state index in [1.807, 2.05) is 12.1 Å². The Bertz CT molecular complexity index is 1240. The second-order valence-electron chi connectivity index (χ2n) is 6.12. The molecule has 0 aliphatic heterocycles. The van der Waals surface area contributed by atoms with Crippen molar-refractivity contribution in [1.82, 2.24) is 4.98 Å². The van der Waals surface area contributed by atoms with Gasteiger partial charge in [0.1, 0.15) is 11.3 Å². The van der Waals surface area contributed by atoms with Crippen molar-refractivity contribution in [3.05, 3.63) is 74.7 Å². The molecule has 5 nitrogen and oxygen atoms in total.